The number of fused-ring (bicyclic) bond motifs is 1. The zero-order valence-electron chi connectivity index (χ0n) is 17.0. The molecule has 0 fully saturated rings. The van der Waals surface area contributed by atoms with Crippen molar-refractivity contribution < 1.29 is 23.9 Å². The second-order valence-corrected chi connectivity index (χ2v) is 7.79. The molecule has 1 aliphatic heterocycles. The number of rotatable bonds is 8. The molecule has 0 radical (unpaired) electrons. The molecule has 0 bridgehead atoms. The minimum absolute atomic E-state index is 0.0957. The molecule has 0 spiro atoms. The number of hydrogen-bond donors (Lipinski definition) is 0. The highest BCUT2D eigenvalue weighted by Gasteiger charge is 2.36. The Morgan fingerprint density at radius 3 is 2.67 bits per heavy atom. The summed E-state index contributed by atoms with van der Waals surface area (Å²) < 4.78 is 10.4. The second kappa shape index (κ2) is 9.40. The van der Waals surface area contributed by atoms with Gasteiger partial charge in [-0.2, -0.15) is 5.26 Å². The van der Waals surface area contributed by atoms with Gasteiger partial charge in [0.05, 0.1) is 25.1 Å². The normalized spacial score (nSPS) is 19.9. The van der Waals surface area contributed by atoms with Crippen LogP contribution in [0.1, 0.15) is 24.2 Å². The number of allylic oxidation sites excluding steroid dienone is 2. The average molecular weight is 408 g/mol. The standard InChI is InChI=1S/C23H24N2O5/c1-15(2)13-30-22(27)14-29-19-7-5-16(6-8-19)21(26)12-25-10-18-4-3-17(9-24)23(28)20(18)11-25/h3-8,10,15,17,20H,11-14H2,1-2H3. The lowest BCUT2D eigenvalue weighted by Gasteiger charge is -2.19. The first-order valence-corrected chi connectivity index (χ1v) is 9.86. The number of hydrogen-bond acceptors (Lipinski definition) is 7. The SMILES string of the molecule is CC(C)COC(=O)COc1ccc(C(=O)CN2C=C3C=CC(C#N)C(=O)C3C2)cc1. The molecule has 0 amide bonds. The topological polar surface area (TPSA) is 96.7 Å². The van der Waals surface area contributed by atoms with E-state index in [9.17, 15) is 14.4 Å². The Hall–Kier alpha value is -3.40. The Kier molecular flexibility index (Phi) is 6.68. The van der Waals surface area contributed by atoms with Crippen molar-refractivity contribution >= 4 is 17.5 Å². The molecule has 7 nitrogen and oxygen atoms in total. The maximum Gasteiger partial charge on any atom is 0.344 e. The van der Waals surface area contributed by atoms with Crippen LogP contribution in [0.2, 0.25) is 0 Å². The zero-order valence-corrected chi connectivity index (χ0v) is 17.0. The van der Waals surface area contributed by atoms with Gasteiger partial charge in [-0.25, -0.2) is 4.79 Å². The van der Waals surface area contributed by atoms with Crippen molar-refractivity contribution in [2.45, 2.75) is 13.8 Å². The van der Waals surface area contributed by atoms with Crippen molar-refractivity contribution in [1.82, 2.24) is 4.90 Å². The van der Waals surface area contributed by atoms with Crippen LogP contribution in [0.25, 0.3) is 0 Å². The van der Waals surface area contributed by atoms with E-state index in [4.69, 9.17) is 14.7 Å². The minimum Gasteiger partial charge on any atom is -0.482 e. The quantitative estimate of drug-likeness (QED) is 0.482. The van der Waals surface area contributed by atoms with Crippen LogP contribution in [0.3, 0.4) is 0 Å². The summed E-state index contributed by atoms with van der Waals surface area (Å²) in [4.78, 5) is 38.3. The third-order valence-electron chi connectivity index (χ3n) is 4.88. The van der Waals surface area contributed by atoms with Gasteiger partial charge in [-0.1, -0.05) is 26.0 Å². The van der Waals surface area contributed by atoms with E-state index >= 15 is 0 Å². The van der Waals surface area contributed by atoms with Crippen LogP contribution in [-0.4, -0.2) is 48.7 Å². The van der Waals surface area contributed by atoms with Gasteiger partial charge >= 0.3 is 5.97 Å². The van der Waals surface area contributed by atoms with Crippen LogP contribution in [0.4, 0.5) is 0 Å². The maximum absolute atomic E-state index is 12.6. The number of ketones is 2. The Bertz CT molecular complexity index is 924. The summed E-state index contributed by atoms with van der Waals surface area (Å²) in [7, 11) is 0. The lowest BCUT2D eigenvalue weighted by Crippen LogP contribution is -2.31. The summed E-state index contributed by atoms with van der Waals surface area (Å²) >= 11 is 0. The van der Waals surface area contributed by atoms with E-state index in [0.29, 0.717) is 24.5 Å². The first kappa shape index (κ1) is 21.3. The minimum atomic E-state index is -0.710. The van der Waals surface area contributed by atoms with Crippen molar-refractivity contribution in [3.05, 3.63) is 53.8 Å². The van der Waals surface area contributed by atoms with E-state index < -0.39 is 11.9 Å². The van der Waals surface area contributed by atoms with Gasteiger partial charge in [0, 0.05) is 18.3 Å². The molecule has 0 N–H and O–H groups in total. The second-order valence-electron chi connectivity index (χ2n) is 7.79. The van der Waals surface area contributed by atoms with Crippen molar-refractivity contribution in [1.29, 1.82) is 5.26 Å². The Morgan fingerprint density at radius 2 is 2.00 bits per heavy atom. The van der Waals surface area contributed by atoms with Crippen LogP contribution in [0.15, 0.2) is 48.2 Å². The number of Topliss-reactive ketones (excluding diaryl/α,β-unsaturated/α-hetero) is 2. The van der Waals surface area contributed by atoms with Gasteiger partial charge in [0.15, 0.2) is 18.2 Å². The molecular formula is C23H24N2O5. The smallest absolute Gasteiger partial charge is 0.344 e. The van der Waals surface area contributed by atoms with Gasteiger partial charge in [-0.15, -0.1) is 0 Å². The van der Waals surface area contributed by atoms with Gasteiger partial charge in [-0.05, 0) is 35.8 Å². The highest BCUT2D eigenvalue weighted by Crippen LogP contribution is 2.30. The molecule has 2 atom stereocenters. The van der Waals surface area contributed by atoms with Crippen LogP contribution in [0.5, 0.6) is 5.75 Å². The number of carbonyl (C=O) groups excluding carboxylic acids is 3. The fourth-order valence-electron chi connectivity index (χ4n) is 3.30. The first-order valence-electron chi connectivity index (χ1n) is 9.86. The molecule has 30 heavy (non-hydrogen) atoms. The molecule has 2 aliphatic rings. The summed E-state index contributed by atoms with van der Waals surface area (Å²) in [6, 6.07) is 8.55. The summed E-state index contributed by atoms with van der Waals surface area (Å²) in [5, 5.41) is 9.04. The number of esters is 1. The summed E-state index contributed by atoms with van der Waals surface area (Å²) in [5.41, 5.74) is 1.35. The van der Waals surface area contributed by atoms with Gasteiger partial charge in [0.25, 0.3) is 0 Å². The van der Waals surface area contributed by atoms with Crippen molar-refractivity contribution in [2.24, 2.45) is 17.8 Å². The van der Waals surface area contributed by atoms with E-state index in [1.54, 1.807) is 41.3 Å². The van der Waals surface area contributed by atoms with Crippen LogP contribution in [-0.2, 0) is 14.3 Å². The number of nitriles is 1. The van der Waals surface area contributed by atoms with Crippen LogP contribution >= 0.6 is 0 Å². The lowest BCUT2D eigenvalue weighted by atomic mass is 9.84. The molecule has 1 aromatic carbocycles. The van der Waals surface area contributed by atoms with Crippen molar-refractivity contribution in [2.75, 3.05) is 26.3 Å². The van der Waals surface area contributed by atoms with Gasteiger partial charge in [-0.3, -0.25) is 9.59 Å². The predicted molar refractivity (Wildman–Crippen MR) is 108 cm³/mol. The van der Waals surface area contributed by atoms with E-state index in [1.807, 2.05) is 26.1 Å². The number of nitrogens with zero attached hydrogens (tertiary/aromatic N) is 2. The van der Waals surface area contributed by atoms with Crippen LogP contribution in [0, 0.1) is 29.1 Å². The van der Waals surface area contributed by atoms with Gasteiger partial charge < -0.3 is 14.4 Å². The molecule has 1 aliphatic carbocycles. The molecule has 1 aromatic rings. The Balaban J connectivity index is 1.51. The average Bonchev–Trinajstić information content (AvgIpc) is 3.14. The summed E-state index contributed by atoms with van der Waals surface area (Å²) in [5.74, 6) is -0.973. The highest BCUT2D eigenvalue weighted by atomic mass is 16.6. The third kappa shape index (κ3) is 5.15. The molecule has 1 heterocycles. The molecule has 0 saturated heterocycles. The number of carbonyl (C=O) groups is 3. The van der Waals surface area contributed by atoms with Crippen LogP contribution < -0.4 is 4.74 Å². The van der Waals surface area contributed by atoms with Gasteiger partial charge in [0.2, 0.25) is 0 Å². The van der Waals surface area contributed by atoms with Crippen molar-refractivity contribution in [3.8, 4) is 11.8 Å². The monoisotopic (exact) mass is 408 g/mol. The summed E-state index contributed by atoms with van der Waals surface area (Å²) in [6.45, 7) is 4.61. The molecule has 0 saturated carbocycles. The van der Waals surface area contributed by atoms with E-state index in [-0.39, 0.29) is 36.6 Å². The Labute approximate surface area is 175 Å². The first-order chi connectivity index (χ1) is 14.4. The molecule has 7 heteroatoms. The largest absolute Gasteiger partial charge is 0.482 e. The molecule has 2 unspecified atom stereocenters. The lowest BCUT2D eigenvalue weighted by molar-refractivity contribution is -0.147. The molecule has 0 aromatic heterocycles. The van der Waals surface area contributed by atoms with Gasteiger partial charge in [0.1, 0.15) is 11.7 Å². The summed E-state index contributed by atoms with van der Waals surface area (Å²) in [6.07, 6.45) is 5.21. The fraction of sp³-hybridized carbons (Fsp3) is 0.391. The predicted octanol–water partition coefficient (Wildman–Crippen LogP) is 2.54. The molecular weight excluding hydrogens is 384 g/mol. The fourth-order valence-corrected chi connectivity index (χ4v) is 3.30. The zero-order chi connectivity index (χ0) is 21.7. The van der Waals surface area contributed by atoms with E-state index in [0.717, 1.165) is 5.57 Å². The number of ether oxygens (including phenoxy) is 2. The third-order valence-corrected chi connectivity index (χ3v) is 4.88. The number of benzene rings is 1. The Morgan fingerprint density at radius 1 is 1.27 bits per heavy atom. The van der Waals surface area contributed by atoms with E-state index in [2.05, 4.69) is 0 Å². The molecule has 156 valence electrons. The van der Waals surface area contributed by atoms with E-state index in [1.165, 1.54) is 0 Å². The van der Waals surface area contributed by atoms with Crippen molar-refractivity contribution in [3.63, 3.8) is 0 Å². The molecule has 3 rings (SSSR count). The maximum atomic E-state index is 12.6. The highest BCUT2D eigenvalue weighted by molar-refractivity contribution is 5.98.